The zero-order valence-corrected chi connectivity index (χ0v) is 16.5. The minimum Gasteiger partial charge on any atom is -0.495 e. The van der Waals surface area contributed by atoms with Crippen molar-refractivity contribution < 1.29 is 14.3 Å². The van der Waals surface area contributed by atoms with Crippen LogP contribution in [0.5, 0.6) is 11.5 Å². The highest BCUT2D eigenvalue weighted by Gasteiger charge is 2.11. The monoisotopic (exact) mass is 397 g/mol. The summed E-state index contributed by atoms with van der Waals surface area (Å²) < 4.78 is 10.5. The van der Waals surface area contributed by atoms with Crippen LogP contribution in [0.3, 0.4) is 0 Å². The van der Waals surface area contributed by atoms with E-state index in [0.717, 1.165) is 11.3 Å². The fourth-order valence-corrected chi connectivity index (χ4v) is 2.90. The zero-order chi connectivity index (χ0) is 20.1. The second-order valence-electron chi connectivity index (χ2n) is 6.06. The molecule has 0 fully saturated rings. The van der Waals surface area contributed by atoms with Gasteiger partial charge in [0.2, 0.25) is 0 Å². The van der Waals surface area contributed by atoms with Crippen LogP contribution in [0.25, 0.3) is 0 Å². The first-order chi connectivity index (χ1) is 13.5. The van der Waals surface area contributed by atoms with Gasteiger partial charge in [-0.05, 0) is 55.0 Å². The second-order valence-corrected chi connectivity index (χ2v) is 6.47. The number of amides is 1. The summed E-state index contributed by atoms with van der Waals surface area (Å²) in [5.74, 6) is 1.49. The van der Waals surface area contributed by atoms with Gasteiger partial charge in [-0.25, -0.2) is 4.98 Å². The number of aromatic nitrogens is 1. The molecule has 2 aromatic carbocycles. The molecule has 3 rings (SSSR count). The smallest absolute Gasteiger partial charge is 0.255 e. The second kappa shape index (κ2) is 8.63. The Kier molecular flexibility index (Phi) is 6.01. The maximum absolute atomic E-state index is 12.6. The van der Waals surface area contributed by atoms with Gasteiger partial charge in [-0.1, -0.05) is 17.7 Å². The topological polar surface area (TPSA) is 72.5 Å². The molecule has 0 atom stereocenters. The van der Waals surface area contributed by atoms with E-state index in [1.807, 2.05) is 25.1 Å². The van der Waals surface area contributed by atoms with E-state index in [9.17, 15) is 4.79 Å². The Morgan fingerprint density at radius 3 is 2.46 bits per heavy atom. The molecule has 0 aliphatic rings. The van der Waals surface area contributed by atoms with Crippen molar-refractivity contribution in [1.82, 2.24) is 4.98 Å². The van der Waals surface area contributed by atoms with Gasteiger partial charge in [-0.15, -0.1) is 0 Å². The van der Waals surface area contributed by atoms with Gasteiger partial charge in [-0.3, -0.25) is 4.79 Å². The lowest BCUT2D eigenvalue weighted by Gasteiger charge is -2.12. The molecule has 2 N–H and O–H groups in total. The van der Waals surface area contributed by atoms with Crippen molar-refractivity contribution in [2.45, 2.75) is 6.92 Å². The van der Waals surface area contributed by atoms with E-state index in [4.69, 9.17) is 21.1 Å². The number of hydrogen-bond donors (Lipinski definition) is 2. The van der Waals surface area contributed by atoms with E-state index in [1.165, 1.54) is 7.11 Å². The van der Waals surface area contributed by atoms with E-state index in [2.05, 4.69) is 15.6 Å². The minimum absolute atomic E-state index is 0.275. The van der Waals surface area contributed by atoms with Gasteiger partial charge < -0.3 is 20.1 Å². The first-order valence-electron chi connectivity index (χ1n) is 8.53. The van der Waals surface area contributed by atoms with Crippen molar-refractivity contribution in [2.75, 3.05) is 24.9 Å². The van der Waals surface area contributed by atoms with Crippen LogP contribution >= 0.6 is 11.6 Å². The summed E-state index contributed by atoms with van der Waals surface area (Å²) in [6.45, 7) is 1.99. The number of pyridine rings is 1. The molecular formula is C21H20ClN3O3. The summed E-state index contributed by atoms with van der Waals surface area (Å²) in [6, 6.07) is 14.1. The number of rotatable bonds is 6. The van der Waals surface area contributed by atoms with E-state index in [-0.39, 0.29) is 5.91 Å². The average Bonchev–Trinajstić information content (AvgIpc) is 2.68. The number of nitrogens with zero attached hydrogens (tertiary/aromatic N) is 1. The van der Waals surface area contributed by atoms with Gasteiger partial charge in [-0.2, -0.15) is 0 Å². The Morgan fingerprint density at radius 2 is 1.75 bits per heavy atom. The first kappa shape index (κ1) is 19.5. The summed E-state index contributed by atoms with van der Waals surface area (Å²) in [4.78, 5) is 16.9. The first-order valence-corrected chi connectivity index (χ1v) is 8.90. The number of anilines is 3. The largest absolute Gasteiger partial charge is 0.495 e. The van der Waals surface area contributed by atoms with Gasteiger partial charge in [0.15, 0.2) is 0 Å². The highest BCUT2D eigenvalue weighted by molar-refractivity contribution is 6.32. The molecule has 1 aromatic heterocycles. The lowest BCUT2D eigenvalue weighted by atomic mass is 10.2. The predicted octanol–water partition coefficient (Wildman–Crippen LogP) is 5.06. The predicted molar refractivity (Wildman–Crippen MR) is 111 cm³/mol. The third-order valence-electron chi connectivity index (χ3n) is 4.05. The van der Waals surface area contributed by atoms with Crippen molar-refractivity contribution in [2.24, 2.45) is 0 Å². The molecule has 6 nitrogen and oxygen atoms in total. The SMILES string of the molecule is COc1ccc(NC(=O)c2ccnc(Nc3cc(C)ccc3OC)c2)cc1Cl. The minimum atomic E-state index is -0.275. The van der Waals surface area contributed by atoms with Crippen LogP contribution in [0.1, 0.15) is 15.9 Å². The van der Waals surface area contributed by atoms with E-state index in [0.29, 0.717) is 33.6 Å². The van der Waals surface area contributed by atoms with Crippen molar-refractivity contribution in [3.63, 3.8) is 0 Å². The molecule has 0 aliphatic heterocycles. The number of carbonyl (C=O) groups is 1. The lowest BCUT2D eigenvalue weighted by molar-refractivity contribution is 0.102. The quantitative estimate of drug-likeness (QED) is 0.608. The van der Waals surface area contributed by atoms with Gasteiger partial charge in [0.25, 0.3) is 5.91 Å². The molecule has 0 unspecified atom stereocenters. The maximum atomic E-state index is 12.6. The summed E-state index contributed by atoms with van der Waals surface area (Å²) in [5.41, 5.74) is 2.88. The van der Waals surface area contributed by atoms with Gasteiger partial charge in [0.1, 0.15) is 17.3 Å². The molecule has 0 saturated heterocycles. The summed E-state index contributed by atoms with van der Waals surface area (Å²) in [5, 5.41) is 6.43. The number of methoxy groups -OCH3 is 2. The zero-order valence-electron chi connectivity index (χ0n) is 15.7. The highest BCUT2D eigenvalue weighted by atomic mass is 35.5. The van der Waals surface area contributed by atoms with Crippen LogP contribution in [-0.4, -0.2) is 25.1 Å². The summed E-state index contributed by atoms with van der Waals surface area (Å²) in [7, 11) is 3.14. The number of benzene rings is 2. The fraction of sp³-hybridized carbons (Fsp3) is 0.143. The van der Waals surface area contributed by atoms with E-state index < -0.39 is 0 Å². The van der Waals surface area contributed by atoms with Gasteiger partial charge >= 0.3 is 0 Å². The third kappa shape index (κ3) is 4.53. The van der Waals surface area contributed by atoms with Crippen LogP contribution in [-0.2, 0) is 0 Å². The number of ether oxygens (including phenoxy) is 2. The van der Waals surface area contributed by atoms with Gasteiger partial charge in [0, 0.05) is 17.4 Å². The molecular weight excluding hydrogens is 378 g/mol. The Bertz CT molecular complexity index is 1010. The number of nitrogens with one attached hydrogen (secondary N) is 2. The molecule has 144 valence electrons. The standard InChI is InChI=1S/C21H20ClN3O3/c1-13-4-6-19(28-3)17(10-13)25-20-11-14(8-9-23-20)21(26)24-15-5-7-18(27-2)16(22)12-15/h4-12H,1-3H3,(H,23,25)(H,24,26). The highest BCUT2D eigenvalue weighted by Crippen LogP contribution is 2.29. The fourth-order valence-electron chi connectivity index (χ4n) is 2.65. The Morgan fingerprint density at radius 1 is 1.00 bits per heavy atom. The Hall–Kier alpha value is -3.25. The molecule has 28 heavy (non-hydrogen) atoms. The molecule has 0 saturated carbocycles. The molecule has 7 heteroatoms. The lowest BCUT2D eigenvalue weighted by Crippen LogP contribution is -2.12. The normalized spacial score (nSPS) is 10.3. The van der Waals surface area contributed by atoms with Crippen molar-refractivity contribution in [3.8, 4) is 11.5 Å². The number of hydrogen-bond acceptors (Lipinski definition) is 5. The molecule has 3 aromatic rings. The average molecular weight is 398 g/mol. The molecule has 0 radical (unpaired) electrons. The maximum Gasteiger partial charge on any atom is 0.255 e. The molecule has 0 spiro atoms. The number of aryl methyl sites for hydroxylation is 1. The van der Waals surface area contributed by atoms with E-state index in [1.54, 1.807) is 43.6 Å². The van der Waals surface area contributed by atoms with Crippen molar-refractivity contribution in [3.05, 3.63) is 70.9 Å². The van der Waals surface area contributed by atoms with Gasteiger partial charge in [0.05, 0.1) is 24.9 Å². The van der Waals surface area contributed by atoms with Crippen LogP contribution in [0.4, 0.5) is 17.2 Å². The summed E-state index contributed by atoms with van der Waals surface area (Å²) in [6.07, 6.45) is 1.57. The summed E-state index contributed by atoms with van der Waals surface area (Å²) >= 11 is 6.11. The van der Waals surface area contributed by atoms with Crippen LogP contribution in [0.15, 0.2) is 54.7 Å². The Labute approximate surface area is 168 Å². The van der Waals surface area contributed by atoms with Crippen LogP contribution in [0.2, 0.25) is 5.02 Å². The van der Waals surface area contributed by atoms with E-state index >= 15 is 0 Å². The molecule has 1 amide bonds. The number of halogens is 1. The van der Waals surface area contributed by atoms with Crippen molar-refractivity contribution in [1.29, 1.82) is 0 Å². The molecule has 0 aliphatic carbocycles. The van der Waals surface area contributed by atoms with Crippen molar-refractivity contribution >= 4 is 34.7 Å². The van der Waals surface area contributed by atoms with Crippen LogP contribution < -0.4 is 20.1 Å². The molecule has 0 bridgehead atoms. The van der Waals surface area contributed by atoms with Crippen LogP contribution in [0, 0.1) is 6.92 Å². The molecule has 1 heterocycles. The third-order valence-corrected chi connectivity index (χ3v) is 4.34. The number of carbonyl (C=O) groups excluding carboxylic acids is 1. The Balaban J connectivity index is 1.78.